The van der Waals surface area contributed by atoms with E-state index in [2.05, 4.69) is 10.3 Å². The second kappa shape index (κ2) is 5.54. The molecule has 0 saturated carbocycles. The number of aromatic nitrogens is 4. The minimum absolute atomic E-state index is 0.100. The SMILES string of the molecule is Cc1cc(CSCCn2nc3ccccn3c2=O)on1. The molecule has 0 amide bonds. The molecule has 0 fully saturated rings. The summed E-state index contributed by atoms with van der Waals surface area (Å²) in [6.07, 6.45) is 1.73. The molecule has 0 aliphatic rings. The van der Waals surface area contributed by atoms with E-state index in [4.69, 9.17) is 4.52 Å². The molecule has 3 heterocycles. The standard InChI is InChI=1S/C13H14N4O2S/c1-10-8-11(19-15-10)9-20-7-6-17-13(18)16-5-3-2-4-12(16)14-17/h2-5,8H,6-7,9H2,1H3. The maximum Gasteiger partial charge on any atom is 0.350 e. The van der Waals surface area contributed by atoms with Gasteiger partial charge >= 0.3 is 5.69 Å². The van der Waals surface area contributed by atoms with Crippen molar-refractivity contribution in [3.63, 3.8) is 0 Å². The Morgan fingerprint density at radius 1 is 1.40 bits per heavy atom. The highest BCUT2D eigenvalue weighted by Gasteiger charge is 2.06. The number of hydrogen-bond donors (Lipinski definition) is 0. The van der Waals surface area contributed by atoms with E-state index in [1.54, 1.807) is 22.4 Å². The Bertz CT molecular complexity index is 774. The van der Waals surface area contributed by atoms with Crippen molar-refractivity contribution in [3.05, 3.63) is 52.4 Å². The number of aryl methyl sites for hydroxylation is 2. The molecule has 0 aliphatic heterocycles. The number of nitrogens with zero attached hydrogens (tertiary/aromatic N) is 4. The molecule has 0 spiro atoms. The predicted octanol–water partition coefficient (Wildman–Crippen LogP) is 1.73. The van der Waals surface area contributed by atoms with Gasteiger partial charge in [0, 0.05) is 18.0 Å². The van der Waals surface area contributed by atoms with Crippen molar-refractivity contribution in [1.82, 2.24) is 19.3 Å². The number of rotatable bonds is 5. The van der Waals surface area contributed by atoms with Crippen LogP contribution in [0.5, 0.6) is 0 Å². The van der Waals surface area contributed by atoms with Gasteiger partial charge in [0.05, 0.1) is 18.0 Å². The molecule has 0 saturated heterocycles. The lowest BCUT2D eigenvalue weighted by Gasteiger charge is -1.98. The highest BCUT2D eigenvalue weighted by atomic mass is 32.2. The smallest absolute Gasteiger partial charge is 0.350 e. The van der Waals surface area contributed by atoms with E-state index >= 15 is 0 Å². The Kier molecular flexibility index (Phi) is 3.60. The van der Waals surface area contributed by atoms with Crippen LogP contribution < -0.4 is 5.69 Å². The van der Waals surface area contributed by atoms with Gasteiger partial charge in [-0.05, 0) is 19.1 Å². The summed E-state index contributed by atoms with van der Waals surface area (Å²) in [4.78, 5) is 12.0. The van der Waals surface area contributed by atoms with E-state index in [1.807, 2.05) is 31.2 Å². The molecule has 104 valence electrons. The lowest BCUT2D eigenvalue weighted by Crippen LogP contribution is -2.22. The first-order chi connectivity index (χ1) is 9.74. The third-order valence-electron chi connectivity index (χ3n) is 2.86. The minimum Gasteiger partial charge on any atom is -0.360 e. The van der Waals surface area contributed by atoms with Crippen LogP contribution in [0.15, 0.2) is 39.8 Å². The Hall–Kier alpha value is -2.02. The molecule has 7 heteroatoms. The highest BCUT2D eigenvalue weighted by Crippen LogP contribution is 2.13. The number of pyridine rings is 1. The highest BCUT2D eigenvalue weighted by molar-refractivity contribution is 7.98. The molecule has 0 N–H and O–H groups in total. The maximum absolute atomic E-state index is 12.0. The van der Waals surface area contributed by atoms with Crippen molar-refractivity contribution < 1.29 is 4.52 Å². The van der Waals surface area contributed by atoms with Crippen LogP contribution in [0.4, 0.5) is 0 Å². The van der Waals surface area contributed by atoms with Crippen LogP contribution in [0, 0.1) is 6.92 Å². The molecular formula is C13H14N4O2S. The van der Waals surface area contributed by atoms with Gasteiger partial charge in [-0.2, -0.15) is 11.8 Å². The number of hydrogen-bond acceptors (Lipinski definition) is 5. The summed E-state index contributed by atoms with van der Waals surface area (Å²) in [6.45, 7) is 2.48. The van der Waals surface area contributed by atoms with Crippen molar-refractivity contribution in [3.8, 4) is 0 Å². The monoisotopic (exact) mass is 290 g/mol. The van der Waals surface area contributed by atoms with Gasteiger partial charge in [-0.3, -0.25) is 4.40 Å². The van der Waals surface area contributed by atoms with Gasteiger partial charge in [0.25, 0.3) is 0 Å². The predicted molar refractivity (Wildman–Crippen MR) is 76.9 cm³/mol. The van der Waals surface area contributed by atoms with Gasteiger partial charge in [0.2, 0.25) is 0 Å². The Morgan fingerprint density at radius 2 is 2.30 bits per heavy atom. The van der Waals surface area contributed by atoms with Gasteiger partial charge < -0.3 is 4.52 Å². The normalized spacial score (nSPS) is 11.2. The molecule has 0 bridgehead atoms. The van der Waals surface area contributed by atoms with Gasteiger partial charge in [0.1, 0.15) is 5.76 Å². The molecule has 0 aromatic carbocycles. The second-order valence-electron chi connectivity index (χ2n) is 4.42. The number of fused-ring (bicyclic) bond motifs is 1. The maximum atomic E-state index is 12.0. The average molecular weight is 290 g/mol. The molecular weight excluding hydrogens is 276 g/mol. The lowest BCUT2D eigenvalue weighted by atomic mass is 10.4. The van der Waals surface area contributed by atoms with E-state index < -0.39 is 0 Å². The first-order valence-corrected chi connectivity index (χ1v) is 7.43. The summed E-state index contributed by atoms with van der Waals surface area (Å²) < 4.78 is 8.17. The summed E-state index contributed by atoms with van der Waals surface area (Å²) in [6, 6.07) is 7.43. The lowest BCUT2D eigenvalue weighted by molar-refractivity contribution is 0.391. The van der Waals surface area contributed by atoms with Crippen LogP contribution in [0.25, 0.3) is 5.65 Å². The van der Waals surface area contributed by atoms with Crippen LogP contribution in [0.2, 0.25) is 0 Å². The van der Waals surface area contributed by atoms with Crippen molar-refractivity contribution >= 4 is 17.4 Å². The topological polar surface area (TPSA) is 65.3 Å². The minimum atomic E-state index is -0.100. The Labute approximate surface area is 119 Å². The van der Waals surface area contributed by atoms with Gasteiger partial charge in [-0.1, -0.05) is 11.2 Å². The zero-order valence-electron chi connectivity index (χ0n) is 11.0. The van der Waals surface area contributed by atoms with Crippen LogP contribution in [0.1, 0.15) is 11.5 Å². The van der Waals surface area contributed by atoms with Gasteiger partial charge in [-0.25, -0.2) is 9.48 Å². The fourth-order valence-electron chi connectivity index (χ4n) is 1.92. The molecule has 3 rings (SSSR count). The summed E-state index contributed by atoms with van der Waals surface area (Å²) in [5.74, 6) is 2.40. The van der Waals surface area contributed by atoms with E-state index in [0.717, 1.165) is 23.0 Å². The van der Waals surface area contributed by atoms with Crippen LogP contribution in [-0.4, -0.2) is 25.1 Å². The molecule has 0 aliphatic carbocycles. The first kappa shape index (κ1) is 13.0. The average Bonchev–Trinajstić information content (AvgIpc) is 3.00. The summed E-state index contributed by atoms with van der Waals surface area (Å²) >= 11 is 1.69. The number of thioether (sulfide) groups is 1. The van der Waals surface area contributed by atoms with Crippen molar-refractivity contribution in [2.45, 2.75) is 19.2 Å². The zero-order valence-corrected chi connectivity index (χ0v) is 11.8. The van der Waals surface area contributed by atoms with Crippen molar-refractivity contribution in [2.75, 3.05) is 5.75 Å². The van der Waals surface area contributed by atoms with Gasteiger partial charge in [0.15, 0.2) is 5.65 Å². The van der Waals surface area contributed by atoms with E-state index in [9.17, 15) is 4.79 Å². The molecule has 0 unspecified atom stereocenters. The molecule has 0 radical (unpaired) electrons. The zero-order chi connectivity index (χ0) is 13.9. The quantitative estimate of drug-likeness (QED) is 0.669. The fraction of sp³-hybridized carbons (Fsp3) is 0.308. The molecule has 3 aromatic rings. The van der Waals surface area contributed by atoms with Crippen molar-refractivity contribution in [1.29, 1.82) is 0 Å². The van der Waals surface area contributed by atoms with Crippen LogP contribution in [0.3, 0.4) is 0 Å². The third kappa shape index (κ3) is 2.62. The summed E-state index contributed by atoms with van der Waals surface area (Å²) in [5, 5.41) is 8.12. The van der Waals surface area contributed by atoms with Crippen LogP contribution >= 0.6 is 11.8 Å². The first-order valence-electron chi connectivity index (χ1n) is 6.28. The molecule has 20 heavy (non-hydrogen) atoms. The van der Waals surface area contributed by atoms with E-state index in [-0.39, 0.29) is 5.69 Å². The Morgan fingerprint density at radius 3 is 3.05 bits per heavy atom. The van der Waals surface area contributed by atoms with Gasteiger partial charge in [-0.15, -0.1) is 5.10 Å². The van der Waals surface area contributed by atoms with E-state index in [1.165, 1.54) is 4.68 Å². The molecule has 6 nitrogen and oxygen atoms in total. The largest absolute Gasteiger partial charge is 0.360 e. The van der Waals surface area contributed by atoms with E-state index in [0.29, 0.717) is 12.2 Å². The Balaban J connectivity index is 1.60. The second-order valence-corrected chi connectivity index (χ2v) is 5.53. The molecule has 0 atom stereocenters. The summed E-state index contributed by atoms with van der Waals surface area (Å²) in [5.41, 5.74) is 1.46. The fourth-order valence-corrected chi connectivity index (χ4v) is 2.71. The molecule has 3 aromatic heterocycles. The van der Waals surface area contributed by atoms with Crippen LogP contribution in [-0.2, 0) is 12.3 Å². The summed E-state index contributed by atoms with van der Waals surface area (Å²) in [7, 11) is 0. The third-order valence-corrected chi connectivity index (χ3v) is 3.82. The van der Waals surface area contributed by atoms with Crippen molar-refractivity contribution in [2.24, 2.45) is 0 Å².